The summed E-state index contributed by atoms with van der Waals surface area (Å²) in [5.74, 6) is -1.38. The Kier molecular flexibility index (Phi) is 3.09. The van der Waals surface area contributed by atoms with E-state index in [-0.39, 0.29) is 5.56 Å². The summed E-state index contributed by atoms with van der Waals surface area (Å²) in [7, 11) is -2.18. The van der Waals surface area contributed by atoms with E-state index >= 15 is 0 Å². The van der Waals surface area contributed by atoms with Gasteiger partial charge in [0.1, 0.15) is 10.7 Å². The molecule has 0 spiro atoms. The minimum absolute atomic E-state index is 0.0856. The normalized spacial score (nSPS) is 11.1. The molecule has 1 rings (SSSR count). The van der Waals surface area contributed by atoms with Gasteiger partial charge in [0.2, 0.25) is 0 Å². The number of hydrogen-bond acceptors (Lipinski definition) is 3. The minimum atomic E-state index is -3.59. The summed E-state index contributed by atoms with van der Waals surface area (Å²) < 4.78 is 35.4. The highest BCUT2D eigenvalue weighted by Crippen LogP contribution is 2.15. The summed E-state index contributed by atoms with van der Waals surface area (Å²) >= 11 is 0. The third-order valence-corrected chi connectivity index (χ3v) is 2.95. The van der Waals surface area contributed by atoms with E-state index in [4.69, 9.17) is 0 Å². The molecule has 0 saturated heterocycles. The Morgan fingerprint density at radius 3 is 2.40 bits per heavy atom. The third-order valence-electron chi connectivity index (χ3n) is 1.82. The fraction of sp³-hybridized carbons (Fsp3) is 0.222. The first-order valence-electron chi connectivity index (χ1n) is 4.08. The number of benzene rings is 1. The van der Waals surface area contributed by atoms with Gasteiger partial charge in [-0.3, -0.25) is 4.79 Å². The second-order valence-corrected chi connectivity index (χ2v) is 4.98. The molecule has 0 aliphatic heterocycles. The van der Waals surface area contributed by atoms with Gasteiger partial charge in [-0.25, -0.2) is 12.8 Å². The average Bonchev–Trinajstić information content (AvgIpc) is 2.14. The van der Waals surface area contributed by atoms with Crippen LogP contribution in [0.4, 0.5) is 4.39 Å². The van der Waals surface area contributed by atoms with Crippen molar-refractivity contribution in [1.29, 1.82) is 0 Å². The summed E-state index contributed by atoms with van der Waals surface area (Å²) in [4.78, 5) is 10.7. The molecule has 0 radical (unpaired) electrons. The van der Waals surface area contributed by atoms with Gasteiger partial charge in [-0.05, 0) is 18.2 Å². The lowest BCUT2D eigenvalue weighted by molar-refractivity contribution is 0.0962. The van der Waals surface area contributed by atoms with E-state index in [1.807, 2.05) is 0 Å². The Morgan fingerprint density at radius 1 is 1.40 bits per heavy atom. The maximum Gasteiger partial charge on any atom is 0.251 e. The lowest BCUT2D eigenvalue weighted by Crippen LogP contribution is -2.18. The summed E-state index contributed by atoms with van der Waals surface area (Å²) in [6, 6.07) is 3.24. The molecule has 0 aliphatic rings. The molecule has 0 fully saturated rings. The molecular weight excluding hydrogens is 221 g/mol. The topological polar surface area (TPSA) is 63.2 Å². The van der Waals surface area contributed by atoms with Gasteiger partial charge in [0.15, 0.2) is 9.84 Å². The average molecular weight is 231 g/mol. The number of halogens is 1. The van der Waals surface area contributed by atoms with Gasteiger partial charge in [-0.1, -0.05) is 0 Å². The molecule has 1 amide bonds. The monoisotopic (exact) mass is 231 g/mol. The van der Waals surface area contributed by atoms with E-state index in [9.17, 15) is 17.6 Å². The van der Waals surface area contributed by atoms with Crippen LogP contribution < -0.4 is 5.32 Å². The van der Waals surface area contributed by atoms with Crippen molar-refractivity contribution in [3.8, 4) is 0 Å². The smallest absolute Gasteiger partial charge is 0.251 e. The number of amides is 1. The predicted octanol–water partition coefficient (Wildman–Crippen LogP) is 0.589. The number of carbonyl (C=O) groups is 1. The van der Waals surface area contributed by atoms with E-state index in [1.54, 1.807) is 0 Å². The summed E-state index contributed by atoms with van der Waals surface area (Å²) in [5, 5.41) is 2.31. The molecule has 0 heterocycles. The summed E-state index contributed by atoms with van der Waals surface area (Å²) in [6.45, 7) is 0. The van der Waals surface area contributed by atoms with Gasteiger partial charge in [0.25, 0.3) is 5.91 Å². The Bertz CT molecular complexity index is 496. The standard InChI is InChI=1S/C9H10FNO3S/c1-11-9(12)6-3-4-8(7(10)5-6)15(2,13)14/h3-5H,1-2H3,(H,11,12). The zero-order valence-electron chi connectivity index (χ0n) is 8.24. The molecule has 6 heteroatoms. The summed E-state index contributed by atoms with van der Waals surface area (Å²) in [6.07, 6.45) is 0.908. The maximum atomic E-state index is 13.3. The molecular formula is C9H10FNO3S. The first-order chi connectivity index (χ1) is 6.86. The number of sulfone groups is 1. The number of nitrogens with one attached hydrogen (secondary N) is 1. The van der Waals surface area contributed by atoms with Gasteiger partial charge >= 0.3 is 0 Å². The highest BCUT2D eigenvalue weighted by Gasteiger charge is 2.15. The second-order valence-electron chi connectivity index (χ2n) is 3.00. The molecule has 82 valence electrons. The molecule has 0 aliphatic carbocycles. The van der Waals surface area contributed by atoms with Crippen molar-refractivity contribution in [2.45, 2.75) is 4.90 Å². The molecule has 0 aromatic heterocycles. The fourth-order valence-corrected chi connectivity index (χ4v) is 1.82. The zero-order valence-corrected chi connectivity index (χ0v) is 9.06. The number of rotatable bonds is 2. The van der Waals surface area contributed by atoms with Crippen molar-refractivity contribution < 1.29 is 17.6 Å². The lowest BCUT2D eigenvalue weighted by Gasteiger charge is -2.03. The highest BCUT2D eigenvalue weighted by molar-refractivity contribution is 7.90. The Labute approximate surface area is 87.0 Å². The van der Waals surface area contributed by atoms with Gasteiger partial charge in [-0.15, -0.1) is 0 Å². The molecule has 0 unspecified atom stereocenters. The Morgan fingerprint density at radius 2 is 2.00 bits per heavy atom. The maximum absolute atomic E-state index is 13.3. The van der Waals surface area contributed by atoms with Crippen LogP contribution in [0.15, 0.2) is 23.1 Å². The Hall–Kier alpha value is -1.43. The zero-order chi connectivity index (χ0) is 11.6. The fourth-order valence-electron chi connectivity index (χ4n) is 1.09. The van der Waals surface area contributed by atoms with Crippen molar-refractivity contribution >= 4 is 15.7 Å². The molecule has 4 nitrogen and oxygen atoms in total. The Balaban J connectivity index is 3.27. The quantitative estimate of drug-likeness (QED) is 0.810. The van der Waals surface area contributed by atoms with Crippen LogP contribution in [0, 0.1) is 5.82 Å². The predicted molar refractivity (Wildman–Crippen MR) is 52.9 cm³/mol. The molecule has 0 saturated carbocycles. The van der Waals surface area contributed by atoms with Crippen molar-refractivity contribution in [3.05, 3.63) is 29.6 Å². The van der Waals surface area contributed by atoms with E-state index in [2.05, 4.69) is 5.32 Å². The van der Waals surface area contributed by atoms with Crippen molar-refractivity contribution in [2.24, 2.45) is 0 Å². The molecule has 1 aromatic carbocycles. The first kappa shape index (κ1) is 11.6. The molecule has 0 bridgehead atoms. The summed E-state index contributed by atoms with van der Waals surface area (Å²) in [5.41, 5.74) is 0.0856. The molecule has 1 aromatic rings. The van der Waals surface area contributed by atoms with Gasteiger partial charge in [-0.2, -0.15) is 0 Å². The SMILES string of the molecule is CNC(=O)c1ccc(S(C)(=O)=O)c(F)c1. The van der Waals surface area contributed by atoms with Gasteiger partial charge < -0.3 is 5.32 Å². The van der Waals surface area contributed by atoms with Gasteiger partial charge in [0.05, 0.1) is 0 Å². The van der Waals surface area contributed by atoms with E-state index in [0.717, 1.165) is 18.4 Å². The van der Waals surface area contributed by atoms with Crippen LogP contribution in [0.3, 0.4) is 0 Å². The van der Waals surface area contributed by atoms with Crippen molar-refractivity contribution in [2.75, 3.05) is 13.3 Å². The largest absolute Gasteiger partial charge is 0.355 e. The van der Waals surface area contributed by atoms with Crippen LogP contribution in [0.1, 0.15) is 10.4 Å². The van der Waals surface area contributed by atoms with E-state index in [1.165, 1.54) is 13.1 Å². The lowest BCUT2D eigenvalue weighted by atomic mass is 10.2. The van der Waals surface area contributed by atoms with Crippen LogP contribution in [-0.4, -0.2) is 27.6 Å². The van der Waals surface area contributed by atoms with Crippen molar-refractivity contribution in [1.82, 2.24) is 5.32 Å². The minimum Gasteiger partial charge on any atom is -0.355 e. The van der Waals surface area contributed by atoms with Crippen LogP contribution in [-0.2, 0) is 9.84 Å². The van der Waals surface area contributed by atoms with E-state index in [0.29, 0.717) is 0 Å². The molecule has 15 heavy (non-hydrogen) atoms. The first-order valence-corrected chi connectivity index (χ1v) is 5.97. The van der Waals surface area contributed by atoms with Crippen LogP contribution in [0.5, 0.6) is 0 Å². The molecule has 1 N–H and O–H groups in total. The number of carbonyl (C=O) groups excluding carboxylic acids is 1. The second kappa shape index (κ2) is 3.98. The third kappa shape index (κ3) is 2.53. The highest BCUT2D eigenvalue weighted by atomic mass is 32.2. The number of hydrogen-bond donors (Lipinski definition) is 1. The van der Waals surface area contributed by atoms with Crippen molar-refractivity contribution in [3.63, 3.8) is 0 Å². The van der Waals surface area contributed by atoms with Crippen LogP contribution in [0.2, 0.25) is 0 Å². The van der Waals surface area contributed by atoms with Gasteiger partial charge in [0, 0.05) is 18.9 Å². The van der Waals surface area contributed by atoms with Crippen LogP contribution >= 0.6 is 0 Å². The molecule has 0 atom stereocenters. The van der Waals surface area contributed by atoms with E-state index < -0.39 is 26.5 Å². The van der Waals surface area contributed by atoms with Crippen LogP contribution in [0.25, 0.3) is 0 Å².